The molecular weight excluding hydrogens is 256 g/mol. The molecule has 0 aliphatic carbocycles. The van der Waals surface area contributed by atoms with Crippen LogP contribution in [0.2, 0.25) is 0 Å². The molecule has 0 amide bonds. The van der Waals surface area contributed by atoms with Gasteiger partial charge in [0.1, 0.15) is 0 Å². The third kappa shape index (κ3) is 5.32. The van der Waals surface area contributed by atoms with E-state index in [1.54, 1.807) is 6.92 Å². The van der Waals surface area contributed by atoms with Crippen LogP contribution in [0.5, 0.6) is 0 Å². The number of hydrogen-bond donors (Lipinski definition) is 0. The molecule has 0 N–H and O–H groups in total. The van der Waals surface area contributed by atoms with Crippen LogP contribution in [0, 0.1) is 0 Å². The molecule has 0 bridgehead atoms. The first-order valence-corrected chi connectivity index (χ1v) is 4.10. The van der Waals surface area contributed by atoms with Crippen LogP contribution in [0.15, 0.2) is 0 Å². The Labute approximate surface area is 72.3 Å². The van der Waals surface area contributed by atoms with Gasteiger partial charge in [0.15, 0.2) is 3.68 Å². The lowest BCUT2D eigenvalue weighted by molar-refractivity contribution is -0.0135. The zero-order valence-corrected chi connectivity index (χ0v) is 8.08. The lowest BCUT2D eigenvalue weighted by Gasteiger charge is -2.20. The molecule has 4 heteroatoms. The van der Waals surface area contributed by atoms with Gasteiger partial charge in [-0.1, -0.05) is 6.92 Å². The maximum atomic E-state index is 12.8. The molecule has 0 nitrogen and oxygen atoms in total. The molecule has 0 aliphatic rings. The van der Waals surface area contributed by atoms with Crippen molar-refractivity contribution in [3.05, 3.63) is 0 Å². The minimum atomic E-state index is -2.90. The zero-order valence-electron chi connectivity index (χ0n) is 5.93. The Morgan fingerprint density at radius 3 is 1.80 bits per heavy atom. The van der Waals surface area contributed by atoms with E-state index in [0.29, 0.717) is 0 Å². The summed E-state index contributed by atoms with van der Waals surface area (Å²) < 4.78 is 35.4. The minimum Gasteiger partial charge on any atom is -0.232 e. The minimum absolute atomic E-state index is 0.122. The van der Waals surface area contributed by atoms with Crippen LogP contribution >= 0.6 is 22.6 Å². The van der Waals surface area contributed by atoms with Crippen LogP contribution in [-0.2, 0) is 0 Å². The Hall–Kier alpha value is 0.520. The third-order valence-corrected chi connectivity index (χ3v) is 2.23. The van der Waals surface area contributed by atoms with Gasteiger partial charge in [-0.2, -0.15) is 0 Å². The average Bonchev–Trinajstić information content (AvgIpc) is 1.60. The summed E-state index contributed by atoms with van der Waals surface area (Å²) in [5.41, 5.74) is 0. The van der Waals surface area contributed by atoms with Gasteiger partial charge in [-0.25, -0.2) is 13.2 Å². The summed E-state index contributed by atoms with van der Waals surface area (Å²) in [5.74, 6) is -2.90. The van der Waals surface area contributed by atoms with Crippen LogP contribution < -0.4 is 0 Å². The highest BCUT2D eigenvalue weighted by atomic mass is 127. The molecule has 62 valence electrons. The van der Waals surface area contributed by atoms with Gasteiger partial charge in [-0.15, -0.1) is 0 Å². The van der Waals surface area contributed by atoms with Crippen molar-refractivity contribution in [3.63, 3.8) is 0 Å². The molecule has 0 heterocycles. The summed E-state index contributed by atoms with van der Waals surface area (Å²) in [7, 11) is 0. The molecule has 1 atom stereocenters. The summed E-state index contributed by atoms with van der Waals surface area (Å²) in [5, 5.41) is 0. The van der Waals surface area contributed by atoms with E-state index in [1.165, 1.54) is 22.6 Å². The Balaban J connectivity index is 3.89. The summed E-state index contributed by atoms with van der Waals surface area (Å²) in [6.07, 6.45) is -0.575. The Morgan fingerprint density at radius 2 is 1.70 bits per heavy atom. The van der Waals surface area contributed by atoms with E-state index in [2.05, 4.69) is 0 Å². The Kier molecular flexibility index (Phi) is 3.45. The van der Waals surface area contributed by atoms with Gasteiger partial charge in [0.25, 0.3) is 0 Å². The summed E-state index contributed by atoms with van der Waals surface area (Å²) in [6, 6.07) is 0. The van der Waals surface area contributed by atoms with Crippen LogP contribution in [0.4, 0.5) is 13.2 Å². The van der Waals surface area contributed by atoms with Crippen molar-refractivity contribution < 1.29 is 13.2 Å². The van der Waals surface area contributed by atoms with Crippen molar-refractivity contribution >= 4 is 22.6 Å². The highest BCUT2D eigenvalue weighted by Crippen LogP contribution is 2.36. The zero-order chi connectivity index (χ0) is 8.41. The second-order valence-corrected chi connectivity index (χ2v) is 4.39. The van der Waals surface area contributed by atoms with Crippen molar-refractivity contribution in [1.82, 2.24) is 0 Å². The average molecular weight is 266 g/mol. The van der Waals surface area contributed by atoms with Gasteiger partial charge in [-0.3, -0.25) is 0 Å². The second-order valence-electron chi connectivity index (χ2n) is 2.46. The fourth-order valence-electron chi connectivity index (χ4n) is 0.579. The molecule has 0 aromatic heterocycles. The van der Waals surface area contributed by atoms with Crippen LogP contribution in [0.1, 0.15) is 26.7 Å². The lowest BCUT2D eigenvalue weighted by atomic mass is 10.1. The topological polar surface area (TPSA) is 0 Å². The Morgan fingerprint density at radius 1 is 1.30 bits per heavy atom. The van der Waals surface area contributed by atoms with Gasteiger partial charge in [0.2, 0.25) is 5.92 Å². The number of hydrogen-bond acceptors (Lipinski definition) is 0. The standard InChI is InChI=1S/C6H10F3I/c1-3-6(9,10)4-5(2,7)8/h3-4H2,1-2H3. The van der Waals surface area contributed by atoms with E-state index in [9.17, 15) is 13.2 Å². The highest BCUT2D eigenvalue weighted by molar-refractivity contribution is 14.1. The molecule has 0 saturated carbocycles. The molecule has 10 heavy (non-hydrogen) atoms. The second kappa shape index (κ2) is 3.28. The Bertz CT molecular complexity index is 106. The molecule has 0 radical (unpaired) electrons. The maximum Gasteiger partial charge on any atom is 0.249 e. The highest BCUT2D eigenvalue weighted by Gasteiger charge is 2.35. The van der Waals surface area contributed by atoms with Crippen LogP contribution in [0.3, 0.4) is 0 Å². The first-order valence-electron chi connectivity index (χ1n) is 3.02. The van der Waals surface area contributed by atoms with Gasteiger partial charge < -0.3 is 0 Å². The molecule has 0 saturated heterocycles. The smallest absolute Gasteiger partial charge is 0.232 e. The van der Waals surface area contributed by atoms with Crippen LogP contribution in [0.25, 0.3) is 0 Å². The van der Waals surface area contributed by atoms with E-state index in [1.807, 2.05) is 0 Å². The van der Waals surface area contributed by atoms with E-state index >= 15 is 0 Å². The number of halogens is 4. The van der Waals surface area contributed by atoms with Crippen molar-refractivity contribution in [1.29, 1.82) is 0 Å². The molecule has 0 aliphatic heterocycles. The molecule has 0 fully saturated rings. The SMILES string of the molecule is CCC(F)(I)CC(C)(F)F. The van der Waals surface area contributed by atoms with Gasteiger partial charge in [-0.05, 0) is 35.9 Å². The third-order valence-electron chi connectivity index (χ3n) is 1.09. The molecule has 0 aromatic carbocycles. The first kappa shape index (κ1) is 10.5. The summed E-state index contributed by atoms with van der Waals surface area (Å²) >= 11 is 1.42. The fourth-order valence-corrected chi connectivity index (χ4v) is 1.25. The predicted molar refractivity (Wildman–Crippen MR) is 43.4 cm³/mol. The molecule has 0 rings (SSSR count). The molecule has 0 aromatic rings. The van der Waals surface area contributed by atoms with Crippen molar-refractivity contribution in [3.8, 4) is 0 Å². The van der Waals surface area contributed by atoms with E-state index in [-0.39, 0.29) is 6.42 Å². The van der Waals surface area contributed by atoms with Gasteiger partial charge >= 0.3 is 0 Å². The van der Waals surface area contributed by atoms with E-state index in [4.69, 9.17) is 0 Å². The van der Waals surface area contributed by atoms with Gasteiger partial charge in [0, 0.05) is 0 Å². The lowest BCUT2D eigenvalue weighted by Crippen LogP contribution is -2.23. The number of rotatable bonds is 3. The van der Waals surface area contributed by atoms with Gasteiger partial charge in [0.05, 0.1) is 6.42 Å². The first-order chi connectivity index (χ1) is 4.27. The van der Waals surface area contributed by atoms with E-state index in [0.717, 1.165) is 6.92 Å². The van der Waals surface area contributed by atoms with Crippen molar-refractivity contribution in [2.45, 2.75) is 36.3 Å². The summed E-state index contributed by atoms with van der Waals surface area (Å²) in [4.78, 5) is 0. The normalized spacial score (nSPS) is 18.6. The van der Waals surface area contributed by atoms with E-state index < -0.39 is 16.0 Å². The fraction of sp³-hybridized carbons (Fsp3) is 1.00. The predicted octanol–water partition coefficient (Wildman–Crippen LogP) is 3.54. The quantitative estimate of drug-likeness (QED) is 0.541. The molecule has 1 unspecified atom stereocenters. The van der Waals surface area contributed by atoms with Crippen molar-refractivity contribution in [2.24, 2.45) is 0 Å². The van der Waals surface area contributed by atoms with Crippen molar-refractivity contribution in [2.75, 3.05) is 0 Å². The number of alkyl halides is 4. The largest absolute Gasteiger partial charge is 0.249 e. The monoisotopic (exact) mass is 266 g/mol. The molecular formula is C6H10F3I. The summed E-state index contributed by atoms with van der Waals surface area (Å²) in [6.45, 7) is 2.29. The maximum absolute atomic E-state index is 12.8. The molecule has 0 spiro atoms. The van der Waals surface area contributed by atoms with Crippen LogP contribution in [-0.4, -0.2) is 9.60 Å².